The van der Waals surface area contributed by atoms with Crippen molar-refractivity contribution < 1.29 is 4.74 Å². The van der Waals surface area contributed by atoms with Gasteiger partial charge in [0, 0.05) is 6.20 Å². The van der Waals surface area contributed by atoms with Crippen molar-refractivity contribution in [3.63, 3.8) is 0 Å². The maximum Gasteiger partial charge on any atom is 0.232 e. The van der Waals surface area contributed by atoms with Crippen LogP contribution >= 0.6 is 11.6 Å². The van der Waals surface area contributed by atoms with Crippen molar-refractivity contribution in [2.45, 2.75) is 0 Å². The minimum atomic E-state index is 0.415. The smallest absolute Gasteiger partial charge is 0.232 e. The van der Waals surface area contributed by atoms with Crippen molar-refractivity contribution in [3.8, 4) is 5.88 Å². The number of ether oxygens (including phenoxy) is 1. The molecule has 0 saturated heterocycles. The zero-order valence-electron chi connectivity index (χ0n) is 8.64. The van der Waals surface area contributed by atoms with Crippen LogP contribution in [-0.2, 0) is 0 Å². The lowest BCUT2D eigenvalue weighted by molar-refractivity contribution is 0.398. The molecule has 0 unspecified atom stereocenters. The van der Waals surface area contributed by atoms with E-state index in [-0.39, 0.29) is 0 Å². The molecule has 0 aliphatic heterocycles. The zero-order chi connectivity index (χ0) is 11.4. The maximum absolute atomic E-state index is 5.95. The summed E-state index contributed by atoms with van der Waals surface area (Å²) in [4.78, 5) is 8.05. The molecule has 2 heterocycles. The largest absolute Gasteiger partial charge is 0.480 e. The van der Waals surface area contributed by atoms with Gasteiger partial charge in [0.2, 0.25) is 5.88 Å². The lowest BCUT2D eigenvalue weighted by Gasteiger charge is -2.07. The quantitative estimate of drug-likeness (QED) is 0.889. The molecule has 0 fully saturated rings. The Kier molecular flexibility index (Phi) is 3.22. The van der Waals surface area contributed by atoms with Crippen LogP contribution in [0.15, 0.2) is 36.8 Å². The summed E-state index contributed by atoms with van der Waals surface area (Å²) in [7, 11) is 1.53. The summed E-state index contributed by atoms with van der Waals surface area (Å²) in [6.45, 7) is 0. The van der Waals surface area contributed by atoms with E-state index < -0.39 is 0 Å². The number of hydrogen-bond donors (Lipinski definition) is 1. The van der Waals surface area contributed by atoms with Crippen molar-refractivity contribution in [3.05, 3.63) is 41.8 Å². The van der Waals surface area contributed by atoms with E-state index in [1.165, 1.54) is 7.11 Å². The molecule has 0 bridgehead atoms. The molecule has 0 aliphatic rings. The van der Waals surface area contributed by atoms with Crippen LogP contribution in [-0.4, -0.2) is 17.1 Å². The predicted molar refractivity (Wildman–Crippen MR) is 63.3 cm³/mol. The van der Waals surface area contributed by atoms with Crippen LogP contribution < -0.4 is 10.1 Å². The zero-order valence-corrected chi connectivity index (χ0v) is 9.40. The van der Waals surface area contributed by atoms with E-state index in [9.17, 15) is 0 Å². The highest BCUT2D eigenvalue weighted by Crippen LogP contribution is 2.25. The summed E-state index contributed by atoms with van der Waals surface area (Å²) in [5.74, 6) is 0.415. The van der Waals surface area contributed by atoms with Gasteiger partial charge in [-0.15, -0.1) is 0 Å². The standard InChI is InChI=1S/C11H10ClN3O/c1-16-11-10(12)5-9(7-14-11)15-8-3-2-4-13-6-8/h2-7,15H,1H3. The fourth-order valence-corrected chi connectivity index (χ4v) is 1.49. The van der Waals surface area contributed by atoms with Crippen LogP contribution in [0.2, 0.25) is 5.02 Å². The Morgan fingerprint density at radius 3 is 2.81 bits per heavy atom. The van der Waals surface area contributed by atoms with Gasteiger partial charge in [0.1, 0.15) is 5.02 Å². The first-order valence-corrected chi connectivity index (χ1v) is 5.04. The van der Waals surface area contributed by atoms with Gasteiger partial charge in [-0.3, -0.25) is 4.98 Å². The number of nitrogens with one attached hydrogen (secondary N) is 1. The van der Waals surface area contributed by atoms with Gasteiger partial charge in [0.25, 0.3) is 0 Å². The van der Waals surface area contributed by atoms with Crippen molar-refractivity contribution in [2.75, 3.05) is 12.4 Å². The van der Waals surface area contributed by atoms with Crippen LogP contribution in [0.3, 0.4) is 0 Å². The number of nitrogens with zero attached hydrogens (tertiary/aromatic N) is 2. The first-order chi connectivity index (χ1) is 7.79. The summed E-state index contributed by atoms with van der Waals surface area (Å²) in [5.41, 5.74) is 1.67. The third-order valence-corrected chi connectivity index (χ3v) is 2.22. The minimum absolute atomic E-state index is 0.415. The van der Waals surface area contributed by atoms with Crippen LogP contribution in [0, 0.1) is 0 Å². The van der Waals surface area contributed by atoms with Gasteiger partial charge >= 0.3 is 0 Å². The van der Waals surface area contributed by atoms with Gasteiger partial charge in [-0.25, -0.2) is 4.98 Å². The summed E-state index contributed by atoms with van der Waals surface area (Å²) in [5, 5.41) is 3.60. The molecule has 16 heavy (non-hydrogen) atoms. The van der Waals surface area contributed by atoms with Crippen molar-refractivity contribution >= 4 is 23.0 Å². The average Bonchev–Trinajstić information content (AvgIpc) is 2.31. The number of methoxy groups -OCH3 is 1. The molecule has 4 nitrogen and oxygen atoms in total. The van der Waals surface area contributed by atoms with Gasteiger partial charge in [0.15, 0.2) is 0 Å². The number of aromatic nitrogens is 2. The van der Waals surface area contributed by atoms with E-state index in [1.54, 1.807) is 24.7 Å². The summed E-state index contributed by atoms with van der Waals surface area (Å²) < 4.78 is 4.97. The maximum atomic E-state index is 5.95. The van der Waals surface area contributed by atoms with Crippen LogP contribution in [0.5, 0.6) is 5.88 Å². The molecule has 5 heteroatoms. The van der Waals surface area contributed by atoms with E-state index in [4.69, 9.17) is 16.3 Å². The SMILES string of the molecule is COc1ncc(Nc2cccnc2)cc1Cl. The Bertz CT molecular complexity index is 476. The third kappa shape index (κ3) is 2.41. The summed E-state index contributed by atoms with van der Waals surface area (Å²) >= 11 is 5.95. The second-order valence-electron chi connectivity index (χ2n) is 3.08. The van der Waals surface area contributed by atoms with Gasteiger partial charge in [-0.05, 0) is 18.2 Å². The predicted octanol–water partition coefficient (Wildman–Crippen LogP) is 2.88. The van der Waals surface area contributed by atoms with Crippen molar-refractivity contribution in [1.82, 2.24) is 9.97 Å². The Balaban J connectivity index is 2.20. The molecular formula is C11H10ClN3O. The second-order valence-corrected chi connectivity index (χ2v) is 3.49. The lowest BCUT2D eigenvalue weighted by Crippen LogP contribution is -1.94. The molecule has 0 saturated carbocycles. The molecule has 2 aromatic heterocycles. The number of anilines is 2. The normalized spacial score (nSPS) is 9.88. The monoisotopic (exact) mass is 235 g/mol. The second kappa shape index (κ2) is 4.81. The Hall–Kier alpha value is -1.81. The molecule has 0 atom stereocenters. The molecule has 2 rings (SSSR count). The first kappa shape index (κ1) is 10.7. The molecular weight excluding hydrogens is 226 g/mol. The van der Waals surface area contributed by atoms with Crippen LogP contribution in [0.1, 0.15) is 0 Å². The van der Waals surface area contributed by atoms with Crippen LogP contribution in [0.25, 0.3) is 0 Å². The molecule has 0 radical (unpaired) electrons. The van der Waals surface area contributed by atoms with Gasteiger partial charge in [-0.2, -0.15) is 0 Å². The van der Waals surface area contributed by atoms with E-state index in [2.05, 4.69) is 15.3 Å². The molecule has 0 amide bonds. The molecule has 0 aliphatic carbocycles. The Labute approximate surface area is 98.3 Å². The molecule has 82 valence electrons. The number of pyridine rings is 2. The first-order valence-electron chi connectivity index (χ1n) is 4.66. The van der Waals surface area contributed by atoms with Crippen LogP contribution in [0.4, 0.5) is 11.4 Å². The van der Waals surface area contributed by atoms with E-state index >= 15 is 0 Å². The Morgan fingerprint density at radius 1 is 1.31 bits per heavy atom. The van der Waals surface area contributed by atoms with Gasteiger partial charge in [0.05, 0.1) is 30.9 Å². The Morgan fingerprint density at radius 2 is 2.19 bits per heavy atom. The average molecular weight is 236 g/mol. The highest BCUT2D eigenvalue weighted by molar-refractivity contribution is 6.32. The summed E-state index contributed by atoms with van der Waals surface area (Å²) in [6.07, 6.45) is 5.08. The topological polar surface area (TPSA) is 47.0 Å². The van der Waals surface area contributed by atoms with Gasteiger partial charge < -0.3 is 10.1 Å². The lowest BCUT2D eigenvalue weighted by atomic mass is 10.3. The number of halogens is 1. The van der Waals surface area contributed by atoms with E-state index in [0.29, 0.717) is 10.9 Å². The third-order valence-electron chi connectivity index (χ3n) is 1.95. The molecule has 2 aromatic rings. The van der Waals surface area contributed by atoms with Gasteiger partial charge in [-0.1, -0.05) is 11.6 Å². The number of hydrogen-bond acceptors (Lipinski definition) is 4. The fraction of sp³-hybridized carbons (Fsp3) is 0.0909. The van der Waals surface area contributed by atoms with Crippen molar-refractivity contribution in [1.29, 1.82) is 0 Å². The number of rotatable bonds is 3. The highest BCUT2D eigenvalue weighted by Gasteiger charge is 2.03. The van der Waals surface area contributed by atoms with E-state index in [0.717, 1.165) is 11.4 Å². The minimum Gasteiger partial charge on any atom is -0.480 e. The molecule has 1 N–H and O–H groups in total. The molecule has 0 spiro atoms. The van der Waals surface area contributed by atoms with Crippen molar-refractivity contribution in [2.24, 2.45) is 0 Å². The summed E-state index contributed by atoms with van der Waals surface area (Å²) in [6, 6.07) is 5.51. The molecule has 0 aromatic carbocycles. The van der Waals surface area contributed by atoms with E-state index in [1.807, 2.05) is 12.1 Å². The highest BCUT2D eigenvalue weighted by atomic mass is 35.5. The fourth-order valence-electron chi connectivity index (χ4n) is 1.25.